The molecule has 7 nitrogen and oxygen atoms in total. The van der Waals surface area contributed by atoms with E-state index in [0.29, 0.717) is 10.8 Å². The van der Waals surface area contributed by atoms with E-state index in [1.807, 2.05) is 13.0 Å². The minimum Gasteiger partial charge on any atom is -0.300 e. The third-order valence-corrected chi connectivity index (χ3v) is 6.51. The van der Waals surface area contributed by atoms with E-state index in [1.165, 1.54) is 28.0 Å². The van der Waals surface area contributed by atoms with Crippen LogP contribution in [0.4, 0.5) is 10.8 Å². The van der Waals surface area contributed by atoms with Gasteiger partial charge in [0.05, 0.1) is 16.7 Å². The smallest absolute Gasteiger partial charge is 0.247 e. The molecule has 1 aliphatic heterocycles. The van der Waals surface area contributed by atoms with Gasteiger partial charge in [0.1, 0.15) is 0 Å². The molecule has 3 amide bonds. The first-order chi connectivity index (χ1) is 12.6. The van der Waals surface area contributed by atoms with Gasteiger partial charge in [-0.25, -0.2) is 4.90 Å². The van der Waals surface area contributed by atoms with Gasteiger partial charge >= 0.3 is 0 Å². The summed E-state index contributed by atoms with van der Waals surface area (Å²) in [5.41, 5.74) is 0.560. The highest BCUT2D eigenvalue weighted by molar-refractivity contribution is 8.01. The number of nitrogens with zero attached hydrogens (tertiary/aromatic N) is 3. The summed E-state index contributed by atoms with van der Waals surface area (Å²) in [6.07, 6.45) is 0.0990. The number of hydrogen-bond donors (Lipinski definition) is 1. The van der Waals surface area contributed by atoms with Crippen LogP contribution in [-0.4, -0.2) is 44.7 Å². The SMILES string of the molecule is CCSc1nnc(NC(=O)CS[C@@H]2CC(=O)N(c3ccccc3)C2=O)s1. The van der Waals surface area contributed by atoms with Crippen molar-refractivity contribution in [1.82, 2.24) is 10.2 Å². The first kappa shape index (κ1) is 18.9. The van der Waals surface area contributed by atoms with Crippen LogP contribution < -0.4 is 10.2 Å². The highest BCUT2D eigenvalue weighted by Crippen LogP contribution is 2.30. The second-order valence-electron chi connectivity index (χ2n) is 5.26. The van der Waals surface area contributed by atoms with E-state index in [4.69, 9.17) is 0 Å². The Morgan fingerprint density at radius 1 is 1.31 bits per heavy atom. The van der Waals surface area contributed by atoms with Crippen molar-refractivity contribution in [2.75, 3.05) is 21.7 Å². The van der Waals surface area contributed by atoms with E-state index in [2.05, 4.69) is 15.5 Å². The Morgan fingerprint density at radius 3 is 2.81 bits per heavy atom. The molecule has 0 radical (unpaired) electrons. The number of amides is 3. The molecule has 1 atom stereocenters. The largest absolute Gasteiger partial charge is 0.300 e. The maximum absolute atomic E-state index is 12.5. The molecular formula is C16H16N4O3S3. The standard InChI is InChI=1S/C16H16N4O3S3/c1-2-24-16-19-18-15(26-16)17-12(21)9-25-11-8-13(22)20(14(11)23)10-6-4-3-5-7-10/h3-7,11H,2,8-9H2,1H3,(H,17,18,21)/t11-/m1/s1. The molecule has 26 heavy (non-hydrogen) atoms. The lowest BCUT2D eigenvalue weighted by molar-refractivity contribution is -0.121. The summed E-state index contributed by atoms with van der Waals surface area (Å²) in [6.45, 7) is 2.01. The number of imide groups is 1. The Morgan fingerprint density at radius 2 is 2.08 bits per heavy atom. The topological polar surface area (TPSA) is 92.3 Å². The molecule has 2 aromatic rings. The van der Waals surface area contributed by atoms with Crippen molar-refractivity contribution in [1.29, 1.82) is 0 Å². The number of carbonyl (C=O) groups excluding carboxylic acids is 3. The number of nitrogens with one attached hydrogen (secondary N) is 1. The van der Waals surface area contributed by atoms with Crippen molar-refractivity contribution in [3.63, 3.8) is 0 Å². The lowest BCUT2D eigenvalue weighted by atomic mass is 10.3. The summed E-state index contributed by atoms with van der Waals surface area (Å²) >= 11 is 4.03. The first-order valence-corrected chi connectivity index (χ1v) is 10.7. The average molecular weight is 409 g/mol. The van der Waals surface area contributed by atoms with Gasteiger partial charge in [-0.1, -0.05) is 48.2 Å². The molecule has 1 aliphatic rings. The molecular weight excluding hydrogens is 392 g/mol. The second kappa shape index (κ2) is 8.65. The third-order valence-electron chi connectivity index (χ3n) is 3.46. The quantitative estimate of drug-likeness (QED) is 0.428. The van der Waals surface area contributed by atoms with Crippen LogP contribution in [0.2, 0.25) is 0 Å². The number of anilines is 2. The Bertz CT molecular complexity index is 812. The fourth-order valence-corrected chi connectivity index (χ4v) is 4.95. The molecule has 0 spiro atoms. The first-order valence-electron chi connectivity index (χ1n) is 7.88. The van der Waals surface area contributed by atoms with Crippen LogP contribution in [0.5, 0.6) is 0 Å². The minimum absolute atomic E-state index is 0.0716. The van der Waals surface area contributed by atoms with Crippen molar-refractivity contribution in [3.05, 3.63) is 30.3 Å². The van der Waals surface area contributed by atoms with Gasteiger partial charge in [-0.2, -0.15) is 0 Å². The molecule has 136 valence electrons. The zero-order chi connectivity index (χ0) is 18.5. The molecule has 0 saturated carbocycles. The minimum atomic E-state index is -0.547. The average Bonchev–Trinajstić information content (AvgIpc) is 3.18. The number of rotatable bonds is 7. The molecule has 1 aromatic heterocycles. The van der Waals surface area contributed by atoms with Crippen molar-refractivity contribution < 1.29 is 14.4 Å². The van der Waals surface area contributed by atoms with Crippen molar-refractivity contribution in [2.45, 2.75) is 22.9 Å². The van der Waals surface area contributed by atoms with E-state index < -0.39 is 5.25 Å². The number of aromatic nitrogens is 2. The maximum atomic E-state index is 12.5. The number of benzene rings is 1. The van der Waals surface area contributed by atoms with Gasteiger partial charge in [0.2, 0.25) is 22.9 Å². The zero-order valence-electron chi connectivity index (χ0n) is 13.9. The third kappa shape index (κ3) is 4.43. The lowest BCUT2D eigenvalue weighted by Gasteiger charge is -2.14. The van der Waals surface area contributed by atoms with Gasteiger partial charge in [0.15, 0.2) is 4.34 Å². The summed E-state index contributed by atoms with van der Waals surface area (Å²) in [5, 5.41) is 10.4. The number of hydrogen-bond acceptors (Lipinski definition) is 8. The van der Waals surface area contributed by atoms with Crippen LogP contribution in [0, 0.1) is 0 Å². The van der Waals surface area contributed by atoms with Gasteiger partial charge < -0.3 is 0 Å². The predicted octanol–water partition coefficient (Wildman–Crippen LogP) is 2.65. The van der Waals surface area contributed by atoms with Crippen LogP contribution in [0.25, 0.3) is 0 Å². The van der Waals surface area contributed by atoms with E-state index >= 15 is 0 Å². The highest BCUT2D eigenvalue weighted by atomic mass is 32.2. The van der Waals surface area contributed by atoms with Crippen molar-refractivity contribution >= 4 is 63.4 Å². The molecule has 1 saturated heterocycles. The summed E-state index contributed by atoms with van der Waals surface area (Å²) in [4.78, 5) is 37.9. The highest BCUT2D eigenvalue weighted by Gasteiger charge is 2.39. The molecule has 0 bridgehead atoms. The van der Waals surface area contributed by atoms with Gasteiger partial charge in [0, 0.05) is 6.42 Å². The van der Waals surface area contributed by atoms with Crippen LogP contribution in [0.15, 0.2) is 34.7 Å². The fourth-order valence-electron chi connectivity index (χ4n) is 2.36. The monoisotopic (exact) mass is 408 g/mol. The second-order valence-corrected chi connectivity index (χ2v) is 8.94. The van der Waals surface area contributed by atoms with E-state index in [0.717, 1.165) is 10.1 Å². The summed E-state index contributed by atoms with van der Waals surface area (Å²) in [6, 6.07) is 8.81. The fraction of sp³-hybridized carbons (Fsp3) is 0.312. The normalized spacial score (nSPS) is 17.0. The Labute approximate surface area is 162 Å². The lowest BCUT2D eigenvalue weighted by Crippen LogP contribution is -2.31. The van der Waals surface area contributed by atoms with Gasteiger partial charge in [-0.15, -0.1) is 22.0 Å². The molecule has 1 aromatic carbocycles. The molecule has 1 N–H and O–H groups in total. The molecule has 1 fully saturated rings. The van der Waals surface area contributed by atoms with Gasteiger partial charge in [0.25, 0.3) is 0 Å². The van der Waals surface area contributed by atoms with Gasteiger partial charge in [-0.3, -0.25) is 19.7 Å². The molecule has 3 rings (SSSR count). The Hall–Kier alpha value is -1.91. The number of para-hydroxylation sites is 1. The Kier molecular flexibility index (Phi) is 6.28. The van der Waals surface area contributed by atoms with Crippen molar-refractivity contribution in [3.8, 4) is 0 Å². The predicted molar refractivity (Wildman–Crippen MR) is 105 cm³/mol. The van der Waals surface area contributed by atoms with E-state index in [1.54, 1.807) is 36.0 Å². The molecule has 10 heteroatoms. The van der Waals surface area contributed by atoms with E-state index in [9.17, 15) is 14.4 Å². The van der Waals surface area contributed by atoms with Crippen LogP contribution in [0.1, 0.15) is 13.3 Å². The van der Waals surface area contributed by atoms with Crippen LogP contribution >= 0.6 is 34.9 Å². The number of carbonyl (C=O) groups is 3. The summed E-state index contributed by atoms with van der Waals surface area (Å²) in [5.74, 6) is 0.162. The molecule has 0 unspecified atom stereocenters. The maximum Gasteiger partial charge on any atom is 0.247 e. The van der Waals surface area contributed by atoms with E-state index in [-0.39, 0.29) is 29.9 Å². The summed E-state index contributed by atoms with van der Waals surface area (Å²) in [7, 11) is 0. The van der Waals surface area contributed by atoms with Gasteiger partial charge in [-0.05, 0) is 17.9 Å². The molecule has 0 aliphatic carbocycles. The molecule has 2 heterocycles. The summed E-state index contributed by atoms with van der Waals surface area (Å²) < 4.78 is 0.797. The van der Waals surface area contributed by atoms with Crippen molar-refractivity contribution in [2.24, 2.45) is 0 Å². The van der Waals surface area contributed by atoms with Crippen LogP contribution in [0.3, 0.4) is 0 Å². The zero-order valence-corrected chi connectivity index (χ0v) is 16.3. The Balaban J connectivity index is 1.53. The van der Waals surface area contributed by atoms with Crippen LogP contribution in [-0.2, 0) is 14.4 Å². The number of thioether (sulfide) groups is 2.